The van der Waals surface area contributed by atoms with Gasteiger partial charge in [-0.3, -0.25) is 4.79 Å². The van der Waals surface area contributed by atoms with Crippen molar-refractivity contribution < 1.29 is 14.7 Å². The largest absolute Gasteiger partial charge is 0.480 e. The molecule has 0 aromatic rings. The van der Waals surface area contributed by atoms with Crippen molar-refractivity contribution in [2.45, 2.75) is 52.0 Å². The summed E-state index contributed by atoms with van der Waals surface area (Å²) in [7, 11) is 0. The molecule has 0 bridgehead atoms. The van der Waals surface area contributed by atoms with Crippen LogP contribution in [0.15, 0.2) is 0 Å². The van der Waals surface area contributed by atoms with Gasteiger partial charge < -0.3 is 16.2 Å². The van der Waals surface area contributed by atoms with Gasteiger partial charge in [0.1, 0.15) is 6.04 Å². The van der Waals surface area contributed by atoms with Gasteiger partial charge in [0.15, 0.2) is 0 Å². The SMILES string of the molecule is CC(C)[C@H](NC(=O)CCCCCCN)C(=O)O. The van der Waals surface area contributed by atoms with Crippen LogP contribution in [0, 0.1) is 5.92 Å². The molecule has 17 heavy (non-hydrogen) atoms. The van der Waals surface area contributed by atoms with Crippen molar-refractivity contribution in [1.82, 2.24) is 5.32 Å². The number of rotatable bonds is 9. The first kappa shape index (κ1) is 15.9. The molecule has 0 aromatic heterocycles. The topological polar surface area (TPSA) is 92.4 Å². The van der Waals surface area contributed by atoms with E-state index in [0.29, 0.717) is 13.0 Å². The summed E-state index contributed by atoms with van der Waals surface area (Å²) in [4.78, 5) is 22.4. The van der Waals surface area contributed by atoms with E-state index >= 15 is 0 Å². The highest BCUT2D eigenvalue weighted by Crippen LogP contribution is 2.05. The summed E-state index contributed by atoms with van der Waals surface area (Å²) in [5.74, 6) is -1.26. The molecular formula is C12H24N2O3. The summed E-state index contributed by atoms with van der Waals surface area (Å²) in [6.45, 7) is 4.24. The number of carbonyl (C=O) groups is 2. The van der Waals surface area contributed by atoms with E-state index in [2.05, 4.69) is 5.32 Å². The molecule has 1 amide bonds. The van der Waals surface area contributed by atoms with E-state index in [1.54, 1.807) is 13.8 Å². The molecule has 0 saturated carbocycles. The zero-order valence-corrected chi connectivity index (χ0v) is 10.7. The number of hydrogen-bond donors (Lipinski definition) is 3. The minimum absolute atomic E-state index is 0.103. The first-order chi connectivity index (χ1) is 7.99. The maximum atomic E-state index is 11.5. The molecule has 0 fully saturated rings. The standard InChI is InChI=1S/C12H24N2O3/c1-9(2)11(12(16)17)14-10(15)7-5-3-4-6-8-13/h9,11H,3-8,13H2,1-2H3,(H,14,15)(H,16,17)/t11-/m0/s1. The van der Waals surface area contributed by atoms with Crippen LogP contribution in [0.4, 0.5) is 0 Å². The van der Waals surface area contributed by atoms with Crippen molar-refractivity contribution in [3.05, 3.63) is 0 Å². The van der Waals surface area contributed by atoms with Crippen LogP contribution >= 0.6 is 0 Å². The van der Waals surface area contributed by atoms with Crippen LogP contribution in [0.1, 0.15) is 46.0 Å². The van der Waals surface area contributed by atoms with Gasteiger partial charge in [0.05, 0.1) is 0 Å². The second kappa shape index (κ2) is 8.98. The Labute approximate surface area is 103 Å². The summed E-state index contributed by atoms with van der Waals surface area (Å²) in [6.07, 6.45) is 4.14. The zero-order valence-electron chi connectivity index (χ0n) is 10.7. The van der Waals surface area contributed by atoms with E-state index in [1.165, 1.54) is 0 Å². The fourth-order valence-corrected chi connectivity index (χ4v) is 1.54. The van der Waals surface area contributed by atoms with Gasteiger partial charge in [-0.25, -0.2) is 4.79 Å². The molecular weight excluding hydrogens is 220 g/mol. The normalized spacial score (nSPS) is 12.5. The lowest BCUT2D eigenvalue weighted by Gasteiger charge is -2.17. The third kappa shape index (κ3) is 7.74. The van der Waals surface area contributed by atoms with Crippen LogP contribution in [0.25, 0.3) is 0 Å². The summed E-state index contributed by atoms with van der Waals surface area (Å²) < 4.78 is 0. The second-order valence-electron chi connectivity index (χ2n) is 4.58. The Bertz CT molecular complexity index is 242. The van der Waals surface area contributed by atoms with Gasteiger partial charge in [0, 0.05) is 6.42 Å². The highest BCUT2D eigenvalue weighted by atomic mass is 16.4. The number of unbranched alkanes of at least 4 members (excludes halogenated alkanes) is 3. The third-order valence-electron chi connectivity index (χ3n) is 2.61. The van der Waals surface area contributed by atoms with Crippen LogP contribution in [-0.2, 0) is 9.59 Å². The maximum absolute atomic E-state index is 11.5. The van der Waals surface area contributed by atoms with Crippen molar-refractivity contribution in [2.75, 3.05) is 6.54 Å². The molecule has 0 rings (SSSR count). The Hall–Kier alpha value is -1.10. The molecule has 0 aliphatic heterocycles. The van der Waals surface area contributed by atoms with Crippen molar-refractivity contribution in [3.63, 3.8) is 0 Å². The minimum atomic E-state index is -0.975. The van der Waals surface area contributed by atoms with Crippen LogP contribution in [0.3, 0.4) is 0 Å². The smallest absolute Gasteiger partial charge is 0.326 e. The predicted molar refractivity (Wildman–Crippen MR) is 66.5 cm³/mol. The Kier molecular flexibility index (Phi) is 8.40. The Balaban J connectivity index is 3.80. The van der Waals surface area contributed by atoms with E-state index in [4.69, 9.17) is 10.8 Å². The van der Waals surface area contributed by atoms with Crippen LogP contribution in [0.2, 0.25) is 0 Å². The zero-order chi connectivity index (χ0) is 13.3. The van der Waals surface area contributed by atoms with Gasteiger partial charge in [-0.1, -0.05) is 26.7 Å². The number of carbonyl (C=O) groups excluding carboxylic acids is 1. The van der Waals surface area contributed by atoms with Gasteiger partial charge in [-0.05, 0) is 25.3 Å². The molecule has 0 saturated heterocycles. The fourth-order valence-electron chi connectivity index (χ4n) is 1.54. The Morgan fingerprint density at radius 2 is 1.76 bits per heavy atom. The predicted octanol–water partition coefficient (Wildman–Crippen LogP) is 1.12. The first-order valence-electron chi connectivity index (χ1n) is 6.21. The number of aliphatic carboxylic acids is 1. The number of amides is 1. The average molecular weight is 244 g/mol. The molecule has 0 heterocycles. The Morgan fingerprint density at radius 3 is 2.24 bits per heavy atom. The lowest BCUT2D eigenvalue weighted by Crippen LogP contribution is -2.44. The molecule has 5 nitrogen and oxygen atoms in total. The first-order valence-corrected chi connectivity index (χ1v) is 6.21. The summed E-state index contributed by atoms with van der Waals surface area (Å²) in [6, 6.07) is -0.786. The van der Waals surface area contributed by atoms with Crippen molar-refractivity contribution in [3.8, 4) is 0 Å². The average Bonchev–Trinajstić information content (AvgIpc) is 2.24. The number of carboxylic acids is 1. The van der Waals surface area contributed by atoms with E-state index in [0.717, 1.165) is 25.7 Å². The summed E-state index contributed by atoms with van der Waals surface area (Å²) >= 11 is 0. The van der Waals surface area contributed by atoms with E-state index in [9.17, 15) is 9.59 Å². The monoisotopic (exact) mass is 244 g/mol. The molecule has 0 spiro atoms. The highest BCUT2D eigenvalue weighted by Gasteiger charge is 2.22. The third-order valence-corrected chi connectivity index (χ3v) is 2.61. The number of carboxylic acid groups (broad SMARTS) is 1. The molecule has 0 aromatic carbocycles. The molecule has 0 unspecified atom stereocenters. The quantitative estimate of drug-likeness (QED) is 0.530. The molecule has 0 aliphatic carbocycles. The molecule has 0 aliphatic rings. The van der Waals surface area contributed by atoms with E-state index in [-0.39, 0.29) is 11.8 Å². The molecule has 4 N–H and O–H groups in total. The number of nitrogens with two attached hydrogens (primary N) is 1. The van der Waals surface area contributed by atoms with Gasteiger partial charge in [-0.15, -0.1) is 0 Å². The van der Waals surface area contributed by atoms with Crippen molar-refractivity contribution in [1.29, 1.82) is 0 Å². The van der Waals surface area contributed by atoms with Gasteiger partial charge in [0.2, 0.25) is 5.91 Å². The van der Waals surface area contributed by atoms with E-state index < -0.39 is 12.0 Å². The number of hydrogen-bond acceptors (Lipinski definition) is 3. The molecule has 100 valence electrons. The van der Waals surface area contributed by atoms with Crippen LogP contribution in [0.5, 0.6) is 0 Å². The number of nitrogens with one attached hydrogen (secondary N) is 1. The minimum Gasteiger partial charge on any atom is -0.480 e. The maximum Gasteiger partial charge on any atom is 0.326 e. The lowest BCUT2D eigenvalue weighted by atomic mass is 10.0. The van der Waals surface area contributed by atoms with Crippen molar-refractivity contribution >= 4 is 11.9 Å². The summed E-state index contributed by atoms with van der Waals surface area (Å²) in [5, 5.41) is 11.4. The second-order valence-corrected chi connectivity index (χ2v) is 4.58. The lowest BCUT2D eigenvalue weighted by molar-refractivity contribution is -0.143. The molecule has 0 radical (unpaired) electrons. The van der Waals surface area contributed by atoms with Crippen LogP contribution < -0.4 is 11.1 Å². The molecule has 1 atom stereocenters. The summed E-state index contributed by atoms with van der Waals surface area (Å²) in [5.41, 5.74) is 5.36. The highest BCUT2D eigenvalue weighted by molar-refractivity contribution is 5.83. The van der Waals surface area contributed by atoms with Gasteiger partial charge in [-0.2, -0.15) is 0 Å². The van der Waals surface area contributed by atoms with Crippen LogP contribution in [-0.4, -0.2) is 29.6 Å². The van der Waals surface area contributed by atoms with Gasteiger partial charge in [0.25, 0.3) is 0 Å². The molecule has 5 heteroatoms. The fraction of sp³-hybridized carbons (Fsp3) is 0.833. The van der Waals surface area contributed by atoms with Gasteiger partial charge >= 0.3 is 5.97 Å². The van der Waals surface area contributed by atoms with E-state index in [1.807, 2.05) is 0 Å². The van der Waals surface area contributed by atoms with Crippen molar-refractivity contribution in [2.24, 2.45) is 11.7 Å². The Morgan fingerprint density at radius 1 is 1.18 bits per heavy atom.